The largest absolute Gasteiger partial charge is 0.355 e. The van der Waals surface area contributed by atoms with Gasteiger partial charge in [-0.2, -0.15) is 0 Å². The molecule has 2 amide bonds. The fourth-order valence-electron chi connectivity index (χ4n) is 1.73. The van der Waals surface area contributed by atoms with Gasteiger partial charge in [0.2, 0.25) is 5.91 Å². The molecule has 0 saturated heterocycles. The van der Waals surface area contributed by atoms with Gasteiger partial charge < -0.3 is 10.2 Å². The quantitative estimate of drug-likeness (QED) is 0.781. The number of hydrogen-bond donors (Lipinski definition) is 1. The van der Waals surface area contributed by atoms with Gasteiger partial charge >= 0.3 is 0 Å². The second kappa shape index (κ2) is 8.85. The maximum atomic E-state index is 12.5. The molecule has 0 unspecified atom stereocenters. The van der Waals surface area contributed by atoms with Crippen LogP contribution in [0.5, 0.6) is 0 Å². The first kappa shape index (κ1) is 17.7. The van der Waals surface area contributed by atoms with E-state index in [-0.39, 0.29) is 28.3 Å². The summed E-state index contributed by atoms with van der Waals surface area (Å²) in [5, 5.41) is 3.15. The number of aromatic nitrogens is 1. The molecule has 0 spiro atoms. The van der Waals surface area contributed by atoms with E-state index in [9.17, 15) is 9.59 Å². The Bertz CT molecular complexity index is 509. The fourth-order valence-corrected chi connectivity index (χ4v) is 2.07. The molecule has 0 aliphatic rings. The number of nitrogens with zero attached hydrogens (tertiary/aromatic N) is 2. The summed E-state index contributed by atoms with van der Waals surface area (Å²) >= 11 is 11.8. The average molecular weight is 332 g/mol. The van der Waals surface area contributed by atoms with Crippen LogP contribution in [0.15, 0.2) is 12.1 Å². The maximum absolute atomic E-state index is 12.5. The summed E-state index contributed by atoms with van der Waals surface area (Å²) in [5.74, 6) is -0.590. The lowest BCUT2D eigenvalue weighted by Gasteiger charge is -2.21. The molecule has 5 nitrogen and oxygen atoms in total. The van der Waals surface area contributed by atoms with Crippen LogP contribution in [0, 0.1) is 0 Å². The van der Waals surface area contributed by atoms with E-state index < -0.39 is 5.91 Å². The molecular formula is C14H19Cl2N3O2. The van der Waals surface area contributed by atoms with Crippen LogP contribution in [0.2, 0.25) is 10.2 Å². The van der Waals surface area contributed by atoms with E-state index in [1.165, 1.54) is 17.0 Å². The van der Waals surface area contributed by atoms with Crippen molar-refractivity contribution in [1.29, 1.82) is 0 Å². The van der Waals surface area contributed by atoms with E-state index in [0.717, 1.165) is 12.8 Å². The Hall–Kier alpha value is -1.33. The number of carbonyl (C=O) groups excluding carboxylic acids is 2. The summed E-state index contributed by atoms with van der Waals surface area (Å²) in [4.78, 5) is 29.6. The molecule has 7 heteroatoms. The van der Waals surface area contributed by atoms with Crippen LogP contribution in [0.1, 0.15) is 37.2 Å². The lowest BCUT2D eigenvalue weighted by atomic mass is 10.3. The summed E-state index contributed by atoms with van der Waals surface area (Å²) in [6, 6.07) is 3.03. The fraction of sp³-hybridized carbons (Fsp3) is 0.500. The van der Waals surface area contributed by atoms with Gasteiger partial charge in [0.05, 0.1) is 11.6 Å². The van der Waals surface area contributed by atoms with Gasteiger partial charge in [0.1, 0.15) is 10.8 Å². The summed E-state index contributed by atoms with van der Waals surface area (Å²) < 4.78 is 0. The van der Waals surface area contributed by atoms with Gasteiger partial charge in [-0.1, -0.05) is 37.0 Å². The van der Waals surface area contributed by atoms with E-state index in [1.807, 2.05) is 13.8 Å². The van der Waals surface area contributed by atoms with Crippen molar-refractivity contribution in [2.24, 2.45) is 0 Å². The summed E-state index contributed by atoms with van der Waals surface area (Å²) in [5.41, 5.74) is 0.0703. The number of rotatable bonds is 7. The Morgan fingerprint density at radius 1 is 1.24 bits per heavy atom. The highest BCUT2D eigenvalue weighted by atomic mass is 35.5. The molecule has 1 N–H and O–H groups in total. The SMILES string of the molecule is CCCNC(=O)CN(CCC)C(=O)c1nc(Cl)ccc1Cl. The van der Waals surface area contributed by atoms with Crippen LogP contribution in [0.4, 0.5) is 0 Å². The zero-order chi connectivity index (χ0) is 15.8. The van der Waals surface area contributed by atoms with E-state index in [4.69, 9.17) is 23.2 Å². The van der Waals surface area contributed by atoms with Gasteiger partial charge in [0.15, 0.2) is 0 Å². The lowest BCUT2D eigenvalue weighted by Crippen LogP contribution is -2.41. The predicted octanol–water partition coefficient (Wildman–Crippen LogP) is 2.77. The number of amides is 2. The van der Waals surface area contributed by atoms with E-state index in [0.29, 0.717) is 13.1 Å². The molecule has 0 aromatic carbocycles. The normalized spacial score (nSPS) is 10.3. The third-order valence-corrected chi connectivity index (χ3v) is 3.22. The Morgan fingerprint density at radius 3 is 2.57 bits per heavy atom. The number of hydrogen-bond acceptors (Lipinski definition) is 3. The molecular weight excluding hydrogens is 313 g/mol. The molecule has 0 atom stereocenters. The predicted molar refractivity (Wildman–Crippen MR) is 83.8 cm³/mol. The van der Waals surface area contributed by atoms with Gasteiger partial charge in [0, 0.05) is 13.1 Å². The van der Waals surface area contributed by atoms with Crippen molar-refractivity contribution in [3.63, 3.8) is 0 Å². The monoisotopic (exact) mass is 331 g/mol. The number of pyridine rings is 1. The maximum Gasteiger partial charge on any atom is 0.274 e. The van der Waals surface area contributed by atoms with E-state index >= 15 is 0 Å². The molecule has 21 heavy (non-hydrogen) atoms. The van der Waals surface area contributed by atoms with Crippen LogP contribution in [-0.4, -0.2) is 41.3 Å². The van der Waals surface area contributed by atoms with Crippen molar-refractivity contribution in [3.8, 4) is 0 Å². The van der Waals surface area contributed by atoms with Crippen LogP contribution in [0.3, 0.4) is 0 Å². The Morgan fingerprint density at radius 2 is 1.95 bits per heavy atom. The molecule has 0 fully saturated rings. The van der Waals surface area contributed by atoms with E-state index in [1.54, 1.807) is 0 Å². The van der Waals surface area contributed by atoms with Gasteiger partial charge in [-0.15, -0.1) is 0 Å². The van der Waals surface area contributed by atoms with E-state index in [2.05, 4.69) is 10.3 Å². The molecule has 1 rings (SSSR count). The summed E-state index contributed by atoms with van der Waals surface area (Å²) in [7, 11) is 0. The molecule has 0 saturated carbocycles. The molecule has 0 aliphatic carbocycles. The highest BCUT2D eigenvalue weighted by Gasteiger charge is 2.21. The first-order chi connectivity index (χ1) is 9.99. The lowest BCUT2D eigenvalue weighted by molar-refractivity contribution is -0.121. The van der Waals surface area contributed by atoms with Crippen molar-refractivity contribution in [3.05, 3.63) is 28.0 Å². The smallest absolute Gasteiger partial charge is 0.274 e. The number of carbonyl (C=O) groups is 2. The second-order valence-corrected chi connectivity index (χ2v) is 5.34. The van der Waals surface area contributed by atoms with Crippen LogP contribution in [-0.2, 0) is 4.79 Å². The second-order valence-electron chi connectivity index (χ2n) is 4.54. The topological polar surface area (TPSA) is 62.3 Å². The minimum atomic E-state index is -0.393. The molecule has 0 aliphatic heterocycles. The molecule has 0 bridgehead atoms. The summed E-state index contributed by atoms with van der Waals surface area (Å²) in [6.07, 6.45) is 1.57. The highest BCUT2D eigenvalue weighted by molar-refractivity contribution is 6.34. The standard InChI is InChI=1S/C14H19Cl2N3O2/c1-3-7-17-12(20)9-19(8-4-2)14(21)13-10(15)5-6-11(16)18-13/h5-6H,3-4,7-9H2,1-2H3,(H,17,20). The third-order valence-electron chi connectivity index (χ3n) is 2.70. The minimum Gasteiger partial charge on any atom is -0.355 e. The van der Waals surface area contributed by atoms with Crippen molar-refractivity contribution in [1.82, 2.24) is 15.2 Å². The third kappa shape index (κ3) is 5.52. The molecule has 1 aromatic heterocycles. The van der Waals surface area contributed by atoms with Crippen molar-refractivity contribution < 1.29 is 9.59 Å². The highest BCUT2D eigenvalue weighted by Crippen LogP contribution is 2.18. The van der Waals surface area contributed by atoms with Crippen LogP contribution < -0.4 is 5.32 Å². The molecule has 1 heterocycles. The zero-order valence-electron chi connectivity index (χ0n) is 12.2. The number of nitrogens with one attached hydrogen (secondary N) is 1. The van der Waals surface area contributed by atoms with Gasteiger partial charge in [-0.25, -0.2) is 4.98 Å². The Labute approximate surface area is 134 Å². The van der Waals surface area contributed by atoms with Gasteiger partial charge in [0.25, 0.3) is 5.91 Å². The molecule has 1 aromatic rings. The zero-order valence-corrected chi connectivity index (χ0v) is 13.7. The van der Waals surface area contributed by atoms with Crippen molar-refractivity contribution in [2.75, 3.05) is 19.6 Å². The first-order valence-corrected chi connectivity index (χ1v) is 7.63. The van der Waals surface area contributed by atoms with Gasteiger partial charge in [-0.05, 0) is 25.0 Å². The van der Waals surface area contributed by atoms with Crippen LogP contribution >= 0.6 is 23.2 Å². The minimum absolute atomic E-state index is 0.0167. The average Bonchev–Trinajstić information content (AvgIpc) is 2.46. The number of halogens is 2. The van der Waals surface area contributed by atoms with Crippen molar-refractivity contribution in [2.45, 2.75) is 26.7 Å². The van der Waals surface area contributed by atoms with Gasteiger partial charge in [-0.3, -0.25) is 9.59 Å². The van der Waals surface area contributed by atoms with Crippen molar-refractivity contribution >= 4 is 35.0 Å². The molecule has 0 radical (unpaired) electrons. The Balaban J connectivity index is 2.86. The Kier molecular flexibility index (Phi) is 7.47. The molecule has 116 valence electrons. The first-order valence-electron chi connectivity index (χ1n) is 6.87. The summed E-state index contributed by atoms with van der Waals surface area (Å²) in [6.45, 7) is 4.91. The van der Waals surface area contributed by atoms with Crippen LogP contribution in [0.25, 0.3) is 0 Å².